The van der Waals surface area contributed by atoms with Crippen LogP contribution in [0.25, 0.3) is 0 Å². The second-order valence-corrected chi connectivity index (χ2v) is 13.8. The molecular formula is C15H28Cl2O2Si. The number of rotatable bonds is 6. The van der Waals surface area contributed by atoms with Crippen molar-refractivity contribution in [2.24, 2.45) is 5.92 Å². The van der Waals surface area contributed by atoms with E-state index >= 15 is 0 Å². The predicted molar refractivity (Wildman–Crippen MR) is 89.1 cm³/mol. The molecule has 0 heterocycles. The molecule has 0 amide bonds. The largest absolute Gasteiger partial charge is 0.413 e. The second kappa shape index (κ2) is 6.27. The molecular weight excluding hydrogens is 311 g/mol. The van der Waals surface area contributed by atoms with E-state index < -0.39 is 12.7 Å². The smallest absolute Gasteiger partial charge is 0.200 e. The monoisotopic (exact) mass is 338 g/mol. The van der Waals surface area contributed by atoms with Crippen LogP contribution in [0.3, 0.4) is 0 Å². The zero-order valence-corrected chi connectivity index (χ0v) is 16.2. The summed E-state index contributed by atoms with van der Waals surface area (Å²) in [6, 6.07) is 0. The number of carbonyl (C=O) groups excluding carboxylic acids is 1. The van der Waals surface area contributed by atoms with Crippen LogP contribution in [0, 0.1) is 5.92 Å². The molecule has 2 nitrogen and oxygen atoms in total. The number of hydrogen-bond donors (Lipinski definition) is 0. The van der Waals surface area contributed by atoms with Crippen molar-refractivity contribution < 1.29 is 9.22 Å². The van der Waals surface area contributed by atoms with Crippen LogP contribution in [0.5, 0.6) is 0 Å². The highest BCUT2D eigenvalue weighted by atomic mass is 35.5. The molecule has 0 aromatic heterocycles. The van der Waals surface area contributed by atoms with Crippen molar-refractivity contribution in [1.29, 1.82) is 0 Å². The number of alkyl halides is 2. The van der Waals surface area contributed by atoms with Crippen LogP contribution >= 0.6 is 23.2 Å². The van der Waals surface area contributed by atoms with Crippen molar-refractivity contribution in [3.05, 3.63) is 0 Å². The molecule has 0 N–H and O–H groups in total. The average Bonchev–Trinajstić information content (AvgIpc) is 2.30. The normalized spacial score (nSPS) is 24.4. The van der Waals surface area contributed by atoms with Gasteiger partial charge in [-0.3, -0.25) is 4.79 Å². The summed E-state index contributed by atoms with van der Waals surface area (Å²) in [5.74, 6) is -0.159. The molecule has 1 aliphatic carbocycles. The highest BCUT2D eigenvalue weighted by Gasteiger charge is 2.57. The summed E-state index contributed by atoms with van der Waals surface area (Å²) in [5, 5.41) is 0. The van der Waals surface area contributed by atoms with Gasteiger partial charge in [-0.15, -0.1) is 0 Å². The van der Waals surface area contributed by atoms with Gasteiger partial charge in [0.2, 0.25) is 8.32 Å². The molecule has 0 saturated heterocycles. The number of ketones is 1. The van der Waals surface area contributed by atoms with Crippen LogP contribution in [0.4, 0.5) is 0 Å². The Balaban J connectivity index is 2.94. The summed E-state index contributed by atoms with van der Waals surface area (Å²) in [4.78, 5) is 11.5. The maximum atomic E-state index is 11.5. The number of hydrogen-bond acceptors (Lipinski definition) is 2. The van der Waals surface area contributed by atoms with E-state index in [2.05, 4.69) is 41.5 Å². The number of carbonyl (C=O) groups is 1. The minimum atomic E-state index is -1.95. The Bertz CT molecular complexity index is 345. The van der Waals surface area contributed by atoms with Gasteiger partial charge in [-0.2, -0.15) is 0 Å². The van der Waals surface area contributed by atoms with Crippen molar-refractivity contribution in [3.8, 4) is 0 Å². The van der Waals surface area contributed by atoms with E-state index in [0.717, 1.165) is 0 Å². The van der Waals surface area contributed by atoms with Crippen LogP contribution in [0.15, 0.2) is 0 Å². The lowest BCUT2D eigenvalue weighted by molar-refractivity contribution is -0.131. The zero-order valence-electron chi connectivity index (χ0n) is 13.7. The van der Waals surface area contributed by atoms with Gasteiger partial charge in [0.05, 0.1) is 0 Å². The third-order valence-corrected chi connectivity index (χ3v) is 12.1. The lowest BCUT2D eigenvalue weighted by Crippen LogP contribution is -2.57. The lowest BCUT2D eigenvalue weighted by atomic mass is 9.79. The van der Waals surface area contributed by atoms with Gasteiger partial charge in [0.1, 0.15) is 0 Å². The SMILES string of the molecule is CC(O[Si](C(C)C)(C(C)C)C(C)C)C1CC(=O)C1(Cl)Cl. The van der Waals surface area contributed by atoms with Crippen LogP contribution in [-0.4, -0.2) is 24.5 Å². The summed E-state index contributed by atoms with van der Waals surface area (Å²) >= 11 is 12.3. The van der Waals surface area contributed by atoms with Crippen LogP contribution in [0.2, 0.25) is 16.6 Å². The zero-order chi connectivity index (χ0) is 15.9. The molecule has 5 heteroatoms. The Morgan fingerprint density at radius 3 is 1.70 bits per heavy atom. The molecule has 118 valence electrons. The molecule has 0 aromatic rings. The fraction of sp³-hybridized carbons (Fsp3) is 0.933. The average molecular weight is 339 g/mol. The Morgan fingerprint density at radius 2 is 1.45 bits per heavy atom. The van der Waals surface area contributed by atoms with Gasteiger partial charge in [-0.05, 0) is 23.5 Å². The topological polar surface area (TPSA) is 26.3 Å². The highest BCUT2D eigenvalue weighted by Crippen LogP contribution is 2.50. The molecule has 20 heavy (non-hydrogen) atoms. The summed E-state index contributed by atoms with van der Waals surface area (Å²) in [5.41, 5.74) is 1.54. The quantitative estimate of drug-likeness (QED) is 0.483. The summed E-state index contributed by atoms with van der Waals surface area (Å²) in [7, 11) is -1.95. The van der Waals surface area contributed by atoms with Crippen LogP contribution < -0.4 is 0 Å². The van der Waals surface area contributed by atoms with Crippen molar-refractivity contribution in [2.45, 2.75) is 81.9 Å². The van der Waals surface area contributed by atoms with Crippen LogP contribution in [0.1, 0.15) is 54.9 Å². The van der Waals surface area contributed by atoms with Gasteiger partial charge in [0.15, 0.2) is 10.1 Å². The summed E-state index contributed by atoms with van der Waals surface area (Å²) in [6.07, 6.45) is 0.369. The number of Topliss-reactive ketones (excluding diaryl/α,β-unsaturated/α-hetero) is 1. The van der Waals surface area contributed by atoms with E-state index in [1.165, 1.54) is 0 Å². The fourth-order valence-electron chi connectivity index (χ4n) is 3.81. The van der Waals surface area contributed by atoms with E-state index in [4.69, 9.17) is 27.6 Å². The van der Waals surface area contributed by atoms with Gasteiger partial charge >= 0.3 is 0 Å². The molecule has 2 atom stereocenters. The molecule has 1 saturated carbocycles. The first-order chi connectivity index (χ1) is 8.97. The summed E-state index contributed by atoms with van der Waals surface area (Å²) < 4.78 is 5.38. The minimum Gasteiger partial charge on any atom is -0.413 e. The highest BCUT2D eigenvalue weighted by molar-refractivity contribution is 6.77. The van der Waals surface area contributed by atoms with Crippen molar-refractivity contribution in [2.75, 3.05) is 0 Å². The standard InChI is InChI=1S/C15H28Cl2O2Si/c1-9(2)20(10(3)4,11(5)6)19-12(7)13-8-14(18)15(13,16)17/h9-13H,8H2,1-7H3. The molecule has 1 rings (SSSR count). The van der Waals surface area contributed by atoms with Crippen LogP contribution in [-0.2, 0) is 9.22 Å². The maximum Gasteiger partial charge on any atom is 0.200 e. The minimum absolute atomic E-state index is 0.0680. The van der Waals surface area contributed by atoms with E-state index in [1.54, 1.807) is 0 Å². The molecule has 2 unspecified atom stereocenters. The Hall–Kier alpha value is 0.427. The van der Waals surface area contributed by atoms with E-state index in [-0.39, 0.29) is 17.8 Å². The maximum absolute atomic E-state index is 11.5. The van der Waals surface area contributed by atoms with Crippen molar-refractivity contribution >= 4 is 37.3 Å². The van der Waals surface area contributed by atoms with Gasteiger partial charge in [-0.25, -0.2) is 0 Å². The van der Waals surface area contributed by atoms with E-state index in [0.29, 0.717) is 23.0 Å². The first kappa shape index (κ1) is 18.5. The Kier molecular flexibility index (Phi) is 5.80. The molecule has 0 aromatic carbocycles. The van der Waals surface area contributed by atoms with Gasteiger partial charge in [-0.1, -0.05) is 64.7 Å². The van der Waals surface area contributed by atoms with Gasteiger partial charge in [0, 0.05) is 18.4 Å². The molecule has 0 aliphatic heterocycles. The van der Waals surface area contributed by atoms with E-state index in [9.17, 15) is 4.79 Å². The fourth-order valence-corrected chi connectivity index (χ4v) is 10.1. The third-order valence-electron chi connectivity index (χ3n) is 4.91. The van der Waals surface area contributed by atoms with Gasteiger partial charge < -0.3 is 4.43 Å². The lowest BCUT2D eigenvalue weighted by Gasteiger charge is -2.49. The molecule has 0 radical (unpaired) electrons. The molecule has 0 bridgehead atoms. The van der Waals surface area contributed by atoms with E-state index in [1.807, 2.05) is 6.92 Å². The third kappa shape index (κ3) is 2.97. The van der Waals surface area contributed by atoms with Gasteiger partial charge in [0.25, 0.3) is 0 Å². The first-order valence-electron chi connectivity index (χ1n) is 7.56. The molecule has 1 aliphatic rings. The first-order valence-corrected chi connectivity index (χ1v) is 10.5. The summed E-state index contributed by atoms with van der Waals surface area (Å²) in [6.45, 7) is 15.5. The second-order valence-electron chi connectivity index (χ2n) is 7.00. The molecule has 0 spiro atoms. The van der Waals surface area contributed by atoms with Crippen molar-refractivity contribution in [1.82, 2.24) is 0 Å². The van der Waals surface area contributed by atoms with Crippen molar-refractivity contribution in [3.63, 3.8) is 0 Å². The number of halogens is 2. The Labute approximate surface area is 134 Å². The Morgan fingerprint density at radius 1 is 1.05 bits per heavy atom. The predicted octanol–water partition coefficient (Wildman–Crippen LogP) is 5.33. The molecule has 1 fully saturated rings.